The summed E-state index contributed by atoms with van der Waals surface area (Å²) >= 11 is 0. The van der Waals surface area contributed by atoms with Crippen LogP contribution in [0.4, 0.5) is 5.69 Å². The Morgan fingerprint density at radius 1 is 1.04 bits per heavy atom. The van der Waals surface area contributed by atoms with Gasteiger partial charge in [0, 0.05) is 24.3 Å². The van der Waals surface area contributed by atoms with E-state index in [-0.39, 0.29) is 10.8 Å². The fraction of sp³-hybridized carbons (Fsp3) is 0.381. The Morgan fingerprint density at radius 3 is 2.37 bits per heavy atom. The second-order valence-electron chi connectivity index (χ2n) is 7.66. The van der Waals surface area contributed by atoms with Crippen molar-refractivity contribution in [3.8, 4) is 0 Å². The number of nitrogens with zero attached hydrogens (tertiary/aromatic N) is 1. The normalized spacial score (nSPS) is 20.3. The first-order valence-electron chi connectivity index (χ1n) is 9.23. The van der Waals surface area contributed by atoms with Crippen LogP contribution in [-0.2, 0) is 10.0 Å². The highest BCUT2D eigenvalue weighted by Gasteiger charge is 2.27. The van der Waals surface area contributed by atoms with Crippen molar-refractivity contribution in [3.05, 3.63) is 59.7 Å². The summed E-state index contributed by atoms with van der Waals surface area (Å²) in [5.41, 5.74) is 1.88. The summed E-state index contributed by atoms with van der Waals surface area (Å²) < 4.78 is 28.0. The van der Waals surface area contributed by atoms with Gasteiger partial charge in [0.1, 0.15) is 0 Å². The van der Waals surface area contributed by atoms with Gasteiger partial charge in [-0.3, -0.25) is 9.52 Å². The zero-order valence-electron chi connectivity index (χ0n) is 16.0. The lowest BCUT2D eigenvalue weighted by Crippen LogP contribution is -2.42. The number of hydrogen-bond acceptors (Lipinski definition) is 3. The number of aryl methyl sites for hydroxylation is 1. The number of carbonyl (C=O) groups is 1. The van der Waals surface area contributed by atoms with E-state index in [1.54, 1.807) is 30.3 Å². The molecular weight excluding hydrogens is 360 g/mol. The smallest absolute Gasteiger partial charge is 0.261 e. The topological polar surface area (TPSA) is 66.5 Å². The molecule has 6 heteroatoms. The van der Waals surface area contributed by atoms with Crippen molar-refractivity contribution < 1.29 is 13.2 Å². The Labute approximate surface area is 161 Å². The van der Waals surface area contributed by atoms with Crippen molar-refractivity contribution in [2.45, 2.75) is 32.1 Å². The zero-order chi connectivity index (χ0) is 19.6. The third kappa shape index (κ3) is 4.69. The van der Waals surface area contributed by atoms with Crippen LogP contribution in [0.15, 0.2) is 53.4 Å². The molecular formula is C21H26N2O3S. The van der Waals surface area contributed by atoms with E-state index >= 15 is 0 Å². The number of likely N-dealkylation sites (tertiary alicyclic amines) is 1. The van der Waals surface area contributed by atoms with Crippen molar-refractivity contribution >= 4 is 21.6 Å². The molecule has 1 saturated heterocycles. The van der Waals surface area contributed by atoms with Crippen LogP contribution in [0.1, 0.15) is 36.2 Å². The van der Waals surface area contributed by atoms with Crippen molar-refractivity contribution in [3.63, 3.8) is 0 Å². The molecule has 0 radical (unpaired) electrons. The highest BCUT2D eigenvalue weighted by atomic mass is 32.2. The Hall–Kier alpha value is -2.34. The van der Waals surface area contributed by atoms with Gasteiger partial charge in [-0.05, 0) is 61.1 Å². The lowest BCUT2D eigenvalue weighted by Gasteiger charge is -2.35. The standard InChI is InChI=1S/C21H26N2O3S/c1-15-6-4-8-19(11-15)22-27(25,26)20-9-5-7-18(12-20)21(24)23-13-16(2)10-17(3)14-23/h4-9,11-12,16-17,22H,10,13-14H2,1-3H3/t16-,17-/m1/s1. The Morgan fingerprint density at radius 2 is 1.70 bits per heavy atom. The maximum absolute atomic E-state index is 12.9. The predicted molar refractivity (Wildman–Crippen MR) is 107 cm³/mol. The summed E-state index contributed by atoms with van der Waals surface area (Å²) in [6.07, 6.45) is 1.11. The van der Waals surface area contributed by atoms with Crippen LogP contribution in [0, 0.1) is 18.8 Å². The van der Waals surface area contributed by atoms with E-state index < -0.39 is 10.0 Å². The molecule has 144 valence electrons. The maximum Gasteiger partial charge on any atom is 0.261 e. The van der Waals surface area contributed by atoms with E-state index in [1.165, 1.54) is 12.1 Å². The largest absolute Gasteiger partial charge is 0.338 e. The number of sulfonamides is 1. The molecule has 0 spiro atoms. The molecule has 1 aliphatic heterocycles. The molecule has 1 N–H and O–H groups in total. The fourth-order valence-corrected chi connectivity index (χ4v) is 4.83. The van der Waals surface area contributed by atoms with Gasteiger partial charge < -0.3 is 4.90 Å². The van der Waals surface area contributed by atoms with Crippen molar-refractivity contribution in [2.24, 2.45) is 11.8 Å². The van der Waals surface area contributed by atoms with Gasteiger partial charge in [-0.1, -0.05) is 32.0 Å². The third-order valence-electron chi connectivity index (χ3n) is 4.82. The fourth-order valence-electron chi connectivity index (χ4n) is 3.73. The van der Waals surface area contributed by atoms with Gasteiger partial charge in [-0.2, -0.15) is 0 Å². The number of benzene rings is 2. The van der Waals surface area contributed by atoms with Crippen LogP contribution in [-0.4, -0.2) is 32.3 Å². The van der Waals surface area contributed by atoms with Gasteiger partial charge in [0.15, 0.2) is 0 Å². The second kappa shape index (κ2) is 7.72. The van der Waals surface area contributed by atoms with Gasteiger partial charge in [-0.15, -0.1) is 0 Å². The SMILES string of the molecule is Cc1cccc(NS(=O)(=O)c2cccc(C(=O)N3C[C@H](C)C[C@@H](C)C3)c2)c1. The minimum absolute atomic E-state index is 0.0907. The summed E-state index contributed by atoms with van der Waals surface area (Å²) in [4.78, 5) is 14.8. The van der Waals surface area contributed by atoms with E-state index in [9.17, 15) is 13.2 Å². The second-order valence-corrected chi connectivity index (χ2v) is 9.34. The van der Waals surface area contributed by atoms with Gasteiger partial charge in [0.25, 0.3) is 15.9 Å². The first-order chi connectivity index (χ1) is 12.7. The van der Waals surface area contributed by atoms with Gasteiger partial charge >= 0.3 is 0 Å². The summed E-state index contributed by atoms with van der Waals surface area (Å²) in [5, 5.41) is 0. The maximum atomic E-state index is 12.9. The molecule has 2 aromatic rings. The van der Waals surface area contributed by atoms with Gasteiger partial charge in [0.05, 0.1) is 4.90 Å². The molecule has 2 atom stereocenters. The van der Waals surface area contributed by atoms with Crippen LogP contribution in [0.25, 0.3) is 0 Å². The molecule has 0 aromatic heterocycles. The minimum Gasteiger partial charge on any atom is -0.338 e. The Bertz CT molecular complexity index is 930. The lowest BCUT2D eigenvalue weighted by atomic mass is 9.91. The molecule has 1 amide bonds. The Kier molecular flexibility index (Phi) is 5.56. The van der Waals surface area contributed by atoms with Crippen molar-refractivity contribution in [1.82, 2.24) is 4.90 Å². The molecule has 5 nitrogen and oxygen atoms in total. The molecule has 1 heterocycles. The molecule has 1 aliphatic rings. The lowest BCUT2D eigenvalue weighted by molar-refractivity contribution is 0.0623. The van der Waals surface area contributed by atoms with Crippen LogP contribution in [0.3, 0.4) is 0 Å². The van der Waals surface area contributed by atoms with E-state index in [0.717, 1.165) is 12.0 Å². The average molecular weight is 387 g/mol. The quantitative estimate of drug-likeness (QED) is 0.866. The summed E-state index contributed by atoms with van der Waals surface area (Å²) in [7, 11) is -3.76. The van der Waals surface area contributed by atoms with Crippen molar-refractivity contribution in [2.75, 3.05) is 17.8 Å². The molecule has 3 rings (SSSR count). The molecule has 0 saturated carbocycles. The highest BCUT2D eigenvalue weighted by Crippen LogP contribution is 2.24. The zero-order valence-corrected chi connectivity index (χ0v) is 16.8. The van der Waals surface area contributed by atoms with E-state index in [4.69, 9.17) is 0 Å². The summed E-state index contributed by atoms with van der Waals surface area (Å²) in [6, 6.07) is 13.4. The van der Waals surface area contributed by atoms with Gasteiger partial charge in [-0.25, -0.2) is 8.42 Å². The van der Waals surface area contributed by atoms with Crippen molar-refractivity contribution in [1.29, 1.82) is 0 Å². The number of carbonyl (C=O) groups excluding carboxylic acids is 1. The Balaban J connectivity index is 1.83. The van der Waals surface area contributed by atoms with E-state index in [2.05, 4.69) is 18.6 Å². The van der Waals surface area contributed by atoms with Gasteiger partial charge in [0.2, 0.25) is 0 Å². The number of hydrogen-bond donors (Lipinski definition) is 1. The molecule has 2 aromatic carbocycles. The third-order valence-corrected chi connectivity index (χ3v) is 6.20. The van der Waals surface area contributed by atoms with Crippen LogP contribution < -0.4 is 4.72 Å². The van der Waals surface area contributed by atoms with Crippen LogP contribution in [0.5, 0.6) is 0 Å². The molecule has 0 bridgehead atoms. The number of piperidine rings is 1. The van der Waals surface area contributed by atoms with Crippen LogP contribution in [0.2, 0.25) is 0 Å². The summed E-state index contributed by atoms with van der Waals surface area (Å²) in [5.74, 6) is 0.793. The number of anilines is 1. The predicted octanol–water partition coefficient (Wildman–Crippen LogP) is 3.91. The molecule has 0 aliphatic carbocycles. The summed E-state index contributed by atoms with van der Waals surface area (Å²) in [6.45, 7) is 7.60. The first-order valence-corrected chi connectivity index (χ1v) is 10.7. The average Bonchev–Trinajstić information content (AvgIpc) is 2.60. The molecule has 27 heavy (non-hydrogen) atoms. The highest BCUT2D eigenvalue weighted by molar-refractivity contribution is 7.92. The van der Waals surface area contributed by atoms with Crippen LogP contribution >= 0.6 is 0 Å². The number of nitrogens with one attached hydrogen (secondary N) is 1. The number of amides is 1. The molecule has 0 unspecified atom stereocenters. The monoisotopic (exact) mass is 386 g/mol. The number of rotatable bonds is 4. The van der Waals surface area contributed by atoms with E-state index in [1.807, 2.05) is 17.9 Å². The first kappa shape index (κ1) is 19.4. The molecule has 1 fully saturated rings. The van der Waals surface area contributed by atoms with E-state index in [0.29, 0.717) is 36.2 Å². The minimum atomic E-state index is -3.76.